The number of carbonyl (C=O) groups is 1. The number of carbonyl (C=O) groups excluding carboxylic acids is 1. The van der Waals surface area contributed by atoms with Gasteiger partial charge in [0.2, 0.25) is 15.9 Å². The van der Waals surface area contributed by atoms with Crippen LogP contribution in [-0.4, -0.2) is 51.4 Å². The Labute approximate surface area is 143 Å². The molecular formula is C16H25N3O4S. The number of sulfonamides is 1. The van der Waals surface area contributed by atoms with Crippen molar-refractivity contribution in [3.05, 3.63) is 23.8 Å². The smallest absolute Gasteiger partial charge is 0.243 e. The second kappa shape index (κ2) is 7.96. The zero-order valence-corrected chi connectivity index (χ0v) is 15.1. The number of hydrogen-bond acceptors (Lipinski definition) is 5. The zero-order valence-electron chi connectivity index (χ0n) is 14.3. The second-order valence-corrected chi connectivity index (χ2v) is 7.76. The predicted octanol–water partition coefficient (Wildman–Crippen LogP) is 0.704. The summed E-state index contributed by atoms with van der Waals surface area (Å²) in [5.74, 6) is 0.459. The fourth-order valence-electron chi connectivity index (χ4n) is 2.64. The summed E-state index contributed by atoms with van der Waals surface area (Å²) in [5.41, 5.74) is 0.642. The minimum atomic E-state index is -3.56. The molecule has 7 nitrogen and oxygen atoms in total. The molecule has 2 rings (SSSR count). The van der Waals surface area contributed by atoms with E-state index in [0.29, 0.717) is 37.4 Å². The van der Waals surface area contributed by atoms with E-state index in [1.807, 2.05) is 6.92 Å². The van der Waals surface area contributed by atoms with Gasteiger partial charge < -0.3 is 15.4 Å². The molecule has 1 amide bonds. The molecule has 1 fully saturated rings. The van der Waals surface area contributed by atoms with Gasteiger partial charge in [0, 0.05) is 44.2 Å². The summed E-state index contributed by atoms with van der Waals surface area (Å²) >= 11 is 0. The molecule has 2 N–H and O–H groups in total. The molecule has 1 aliphatic heterocycles. The molecule has 24 heavy (non-hydrogen) atoms. The molecule has 0 spiro atoms. The number of piperazine rings is 1. The number of amides is 1. The Morgan fingerprint density at radius 1 is 1.46 bits per heavy atom. The van der Waals surface area contributed by atoms with Crippen LogP contribution in [0.25, 0.3) is 0 Å². The normalized spacial score (nSPS) is 19.0. The average Bonchev–Trinajstić information content (AvgIpc) is 2.59. The predicted molar refractivity (Wildman–Crippen MR) is 91.4 cm³/mol. The van der Waals surface area contributed by atoms with Crippen molar-refractivity contribution in [1.29, 1.82) is 0 Å². The van der Waals surface area contributed by atoms with Gasteiger partial charge in [-0.2, -0.15) is 4.31 Å². The molecule has 134 valence electrons. The minimum Gasteiger partial charge on any atom is -0.496 e. The topological polar surface area (TPSA) is 87.7 Å². The van der Waals surface area contributed by atoms with Crippen molar-refractivity contribution in [3.8, 4) is 5.75 Å². The summed E-state index contributed by atoms with van der Waals surface area (Å²) in [6, 6.07) is 4.88. The van der Waals surface area contributed by atoms with E-state index in [9.17, 15) is 13.2 Å². The van der Waals surface area contributed by atoms with Crippen molar-refractivity contribution in [2.45, 2.75) is 37.8 Å². The number of rotatable bonds is 6. The quantitative estimate of drug-likeness (QED) is 0.784. The maximum Gasteiger partial charge on any atom is 0.243 e. The molecule has 0 bridgehead atoms. The maximum absolute atomic E-state index is 12.8. The summed E-state index contributed by atoms with van der Waals surface area (Å²) in [6.45, 7) is 5.48. The standard InChI is InChI=1S/C16H25N3O4S/c1-4-16(20)18-10-13-9-14(5-6-15(13)23-3)24(21,22)19-8-7-17-12(2)11-19/h5-6,9,12,17H,4,7-8,10-11H2,1-3H3,(H,18,20). The molecule has 0 aliphatic carbocycles. The van der Waals surface area contributed by atoms with Gasteiger partial charge >= 0.3 is 0 Å². The number of ether oxygens (including phenoxy) is 1. The highest BCUT2D eigenvalue weighted by atomic mass is 32.2. The first-order valence-corrected chi connectivity index (χ1v) is 9.49. The van der Waals surface area contributed by atoms with Gasteiger partial charge in [-0.15, -0.1) is 0 Å². The van der Waals surface area contributed by atoms with E-state index in [0.717, 1.165) is 0 Å². The van der Waals surface area contributed by atoms with Crippen molar-refractivity contribution in [1.82, 2.24) is 14.9 Å². The van der Waals surface area contributed by atoms with Gasteiger partial charge in [-0.25, -0.2) is 8.42 Å². The van der Waals surface area contributed by atoms with E-state index in [-0.39, 0.29) is 23.4 Å². The molecule has 1 unspecified atom stereocenters. The van der Waals surface area contributed by atoms with Crippen LogP contribution in [0.1, 0.15) is 25.8 Å². The van der Waals surface area contributed by atoms with Crippen LogP contribution >= 0.6 is 0 Å². The SMILES string of the molecule is CCC(=O)NCc1cc(S(=O)(=O)N2CCNC(C)C2)ccc1OC. The van der Waals surface area contributed by atoms with Crippen molar-refractivity contribution in [2.75, 3.05) is 26.7 Å². The first kappa shape index (κ1) is 18.7. The summed E-state index contributed by atoms with van der Waals surface area (Å²) in [5, 5.41) is 5.98. The van der Waals surface area contributed by atoms with Crippen LogP contribution in [0.5, 0.6) is 5.75 Å². The number of methoxy groups -OCH3 is 1. The molecule has 0 saturated carbocycles. The maximum atomic E-state index is 12.8. The van der Waals surface area contributed by atoms with Crippen molar-refractivity contribution >= 4 is 15.9 Å². The van der Waals surface area contributed by atoms with Gasteiger partial charge in [-0.1, -0.05) is 6.92 Å². The van der Waals surface area contributed by atoms with Gasteiger partial charge in [0.05, 0.1) is 12.0 Å². The van der Waals surface area contributed by atoms with E-state index in [2.05, 4.69) is 10.6 Å². The largest absolute Gasteiger partial charge is 0.496 e. The first-order valence-electron chi connectivity index (χ1n) is 8.05. The molecule has 0 aromatic heterocycles. The fourth-order valence-corrected chi connectivity index (χ4v) is 4.22. The molecular weight excluding hydrogens is 330 g/mol. The van der Waals surface area contributed by atoms with Crippen LogP contribution < -0.4 is 15.4 Å². The highest BCUT2D eigenvalue weighted by molar-refractivity contribution is 7.89. The van der Waals surface area contributed by atoms with Crippen LogP contribution in [0.2, 0.25) is 0 Å². The lowest BCUT2D eigenvalue weighted by Crippen LogP contribution is -2.51. The molecule has 1 heterocycles. The van der Waals surface area contributed by atoms with Gasteiger partial charge in [0.1, 0.15) is 5.75 Å². The Morgan fingerprint density at radius 2 is 2.21 bits per heavy atom. The Hall–Kier alpha value is -1.64. The number of benzene rings is 1. The minimum absolute atomic E-state index is 0.0961. The summed E-state index contributed by atoms with van der Waals surface area (Å²) < 4.78 is 32.5. The lowest BCUT2D eigenvalue weighted by atomic mass is 10.2. The van der Waals surface area contributed by atoms with Crippen molar-refractivity contribution in [3.63, 3.8) is 0 Å². The monoisotopic (exact) mass is 355 g/mol. The number of nitrogens with zero attached hydrogens (tertiary/aromatic N) is 1. The zero-order chi connectivity index (χ0) is 17.7. The van der Waals surface area contributed by atoms with E-state index in [1.165, 1.54) is 11.4 Å². The third-order valence-electron chi connectivity index (χ3n) is 4.02. The van der Waals surface area contributed by atoms with Crippen LogP contribution in [-0.2, 0) is 21.4 Å². The second-order valence-electron chi connectivity index (χ2n) is 5.82. The van der Waals surface area contributed by atoms with E-state index in [1.54, 1.807) is 25.1 Å². The Morgan fingerprint density at radius 3 is 2.83 bits per heavy atom. The van der Waals surface area contributed by atoms with Crippen molar-refractivity contribution in [2.24, 2.45) is 0 Å². The molecule has 1 aromatic rings. The molecule has 0 radical (unpaired) electrons. The Kier molecular flexibility index (Phi) is 6.20. The van der Waals surface area contributed by atoms with Crippen molar-refractivity contribution < 1.29 is 17.9 Å². The highest BCUT2D eigenvalue weighted by Crippen LogP contribution is 2.25. The van der Waals surface area contributed by atoms with Crippen LogP contribution in [0.15, 0.2) is 23.1 Å². The molecule has 1 aliphatic rings. The van der Waals surface area contributed by atoms with Crippen LogP contribution in [0, 0.1) is 0 Å². The van der Waals surface area contributed by atoms with Gasteiger partial charge in [0.15, 0.2) is 0 Å². The number of hydrogen-bond donors (Lipinski definition) is 2. The summed E-state index contributed by atoms with van der Waals surface area (Å²) in [4.78, 5) is 11.7. The van der Waals surface area contributed by atoms with E-state index >= 15 is 0 Å². The van der Waals surface area contributed by atoms with E-state index < -0.39 is 10.0 Å². The van der Waals surface area contributed by atoms with Gasteiger partial charge in [-0.3, -0.25) is 4.79 Å². The van der Waals surface area contributed by atoms with Gasteiger partial charge in [-0.05, 0) is 25.1 Å². The van der Waals surface area contributed by atoms with Crippen LogP contribution in [0.3, 0.4) is 0 Å². The Balaban J connectivity index is 2.27. The molecule has 1 saturated heterocycles. The lowest BCUT2D eigenvalue weighted by Gasteiger charge is -2.31. The molecule has 1 atom stereocenters. The lowest BCUT2D eigenvalue weighted by molar-refractivity contribution is -0.120. The average molecular weight is 355 g/mol. The third-order valence-corrected chi connectivity index (χ3v) is 5.88. The third kappa shape index (κ3) is 4.25. The fraction of sp³-hybridized carbons (Fsp3) is 0.562. The summed E-state index contributed by atoms with van der Waals surface area (Å²) in [7, 11) is -2.04. The first-order chi connectivity index (χ1) is 11.4. The molecule has 8 heteroatoms. The molecule has 1 aromatic carbocycles. The highest BCUT2D eigenvalue weighted by Gasteiger charge is 2.29. The Bertz CT molecular complexity index is 691. The van der Waals surface area contributed by atoms with Gasteiger partial charge in [0.25, 0.3) is 0 Å². The van der Waals surface area contributed by atoms with E-state index in [4.69, 9.17) is 4.74 Å². The van der Waals surface area contributed by atoms with Crippen LogP contribution in [0.4, 0.5) is 0 Å². The number of nitrogens with one attached hydrogen (secondary N) is 2. The summed E-state index contributed by atoms with van der Waals surface area (Å²) in [6.07, 6.45) is 0.374.